The Morgan fingerprint density at radius 3 is 2.71 bits per heavy atom. The molecule has 1 heterocycles. The van der Waals surface area contributed by atoms with Crippen LogP contribution in [0.15, 0.2) is 12.1 Å². The Kier molecular flexibility index (Phi) is 2.95. The molecule has 0 bridgehead atoms. The van der Waals surface area contributed by atoms with Crippen LogP contribution in [0.4, 0.5) is 8.78 Å². The molecule has 0 radical (unpaired) electrons. The van der Waals surface area contributed by atoms with Gasteiger partial charge in [-0.05, 0) is 12.1 Å². The van der Waals surface area contributed by atoms with Gasteiger partial charge >= 0.3 is 0 Å². The molecule has 0 spiro atoms. The van der Waals surface area contributed by atoms with Crippen LogP contribution < -0.4 is 9.47 Å². The van der Waals surface area contributed by atoms with Crippen molar-refractivity contribution in [3.05, 3.63) is 23.3 Å². The summed E-state index contributed by atoms with van der Waals surface area (Å²) in [6, 6.07) is 2.66. The van der Waals surface area contributed by atoms with Gasteiger partial charge in [-0.15, -0.1) is 0 Å². The smallest absolute Gasteiger partial charge is 0.270 e. The van der Waals surface area contributed by atoms with Crippen LogP contribution in [0.5, 0.6) is 11.5 Å². The molecule has 94 valence electrons. The summed E-state index contributed by atoms with van der Waals surface area (Å²) in [4.78, 5) is 0. The van der Waals surface area contributed by atoms with Gasteiger partial charge in [-0.3, -0.25) is 0 Å². The molecule has 1 N–H and O–H groups in total. The number of aliphatic hydroxyl groups excluding tert-OH is 1. The predicted molar refractivity (Wildman–Crippen MR) is 57.6 cm³/mol. The third-order valence-corrected chi connectivity index (χ3v) is 2.81. The van der Waals surface area contributed by atoms with Crippen molar-refractivity contribution >= 4 is 0 Å². The van der Waals surface area contributed by atoms with Gasteiger partial charge in [0.25, 0.3) is 5.92 Å². The van der Waals surface area contributed by atoms with Gasteiger partial charge in [-0.1, -0.05) is 6.92 Å². The second-order valence-corrected chi connectivity index (χ2v) is 4.27. The first-order valence-corrected chi connectivity index (χ1v) is 5.36. The molecular formula is C12H14F2O3. The van der Waals surface area contributed by atoms with E-state index in [4.69, 9.17) is 14.6 Å². The Labute approximate surface area is 98.0 Å². The van der Waals surface area contributed by atoms with E-state index in [1.165, 1.54) is 12.1 Å². The molecule has 0 aromatic heterocycles. The van der Waals surface area contributed by atoms with E-state index in [0.717, 1.165) is 6.92 Å². The summed E-state index contributed by atoms with van der Waals surface area (Å²) in [5.41, 5.74) is 0.427. The minimum Gasteiger partial charge on any atom is -0.454 e. The number of rotatable bonds is 3. The first-order valence-electron chi connectivity index (χ1n) is 5.36. The molecule has 5 heteroatoms. The molecule has 0 saturated carbocycles. The normalized spacial score (nSPS) is 16.1. The maximum absolute atomic E-state index is 13.3. The minimum atomic E-state index is -2.94. The van der Waals surface area contributed by atoms with Gasteiger partial charge in [0.05, 0.1) is 0 Å². The van der Waals surface area contributed by atoms with Crippen LogP contribution in [-0.4, -0.2) is 18.5 Å². The van der Waals surface area contributed by atoms with Gasteiger partial charge in [0.15, 0.2) is 11.5 Å². The molecule has 0 saturated heterocycles. The Bertz CT molecular complexity index is 426. The van der Waals surface area contributed by atoms with Crippen molar-refractivity contribution in [2.24, 2.45) is 0 Å². The summed E-state index contributed by atoms with van der Waals surface area (Å²) in [5, 5.41) is 9.13. The number of aliphatic hydroxyl groups is 1. The molecule has 3 nitrogen and oxygen atoms in total. The highest BCUT2D eigenvalue weighted by molar-refractivity contribution is 5.53. The van der Waals surface area contributed by atoms with Gasteiger partial charge in [0.1, 0.15) is 0 Å². The lowest BCUT2D eigenvalue weighted by Gasteiger charge is -2.16. The Morgan fingerprint density at radius 1 is 1.41 bits per heavy atom. The molecule has 1 atom stereocenters. The Balaban J connectivity index is 2.54. The van der Waals surface area contributed by atoms with Gasteiger partial charge < -0.3 is 14.6 Å². The average molecular weight is 244 g/mol. The van der Waals surface area contributed by atoms with Gasteiger partial charge in [-0.25, -0.2) is 8.78 Å². The minimum absolute atomic E-state index is 0.0270. The topological polar surface area (TPSA) is 38.7 Å². The highest BCUT2D eigenvalue weighted by atomic mass is 19.3. The fourth-order valence-corrected chi connectivity index (χ4v) is 1.76. The quantitative estimate of drug-likeness (QED) is 0.888. The first-order chi connectivity index (χ1) is 7.93. The Hall–Kier alpha value is -1.36. The molecule has 17 heavy (non-hydrogen) atoms. The molecule has 1 aliphatic heterocycles. The first kappa shape index (κ1) is 12.1. The molecule has 1 aromatic rings. The third kappa shape index (κ3) is 2.20. The number of fused-ring (bicyclic) bond motifs is 1. The van der Waals surface area contributed by atoms with Crippen molar-refractivity contribution < 1.29 is 23.4 Å². The van der Waals surface area contributed by atoms with E-state index in [2.05, 4.69) is 0 Å². The molecule has 0 amide bonds. The lowest BCUT2D eigenvalue weighted by atomic mass is 9.96. The Morgan fingerprint density at radius 2 is 2.12 bits per heavy atom. The summed E-state index contributed by atoms with van der Waals surface area (Å²) in [6.07, 6.45) is 0. The van der Waals surface area contributed by atoms with Crippen LogP contribution in [0.1, 0.15) is 30.9 Å². The monoisotopic (exact) mass is 244 g/mol. The van der Waals surface area contributed by atoms with E-state index in [1.54, 1.807) is 6.92 Å². The fourth-order valence-electron chi connectivity index (χ4n) is 1.76. The fraction of sp³-hybridized carbons (Fsp3) is 0.500. The van der Waals surface area contributed by atoms with E-state index in [1.807, 2.05) is 0 Å². The summed E-state index contributed by atoms with van der Waals surface area (Å²) in [5.74, 6) is -2.43. The number of alkyl halides is 2. The van der Waals surface area contributed by atoms with Gasteiger partial charge in [-0.2, -0.15) is 0 Å². The molecule has 1 unspecified atom stereocenters. The predicted octanol–water partition coefficient (Wildman–Crippen LogP) is 2.62. The highest BCUT2D eigenvalue weighted by Gasteiger charge is 2.30. The third-order valence-electron chi connectivity index (χ3n) is 2.81. The van der Waals surface area contributed by atoms with Crippen molar-refractivity contribution in [1.82, 2.24) is 0 Å². The largest absolute Gasteiger partial charge is 0.454 e. The van der Waals surface area contributed by atoms with Crippen LogP contribution in [0.25, 0.3) is 0 Å². The second kappa shape index (κ2) is 4.14. The van der Waals surface area contributed by atoms with Crippen molar-refractivity contribution in [3.63, 3.8) is 0 Å². The molecule has 0 fully saturated rings. The molecule has 1 aromatic carbocycles. The number of hydrogen-bond donors (Lipinski definition) is 1. The van der Waals surface area contributed by atoms with E-state index in [0.29, 0.717) is 17.1 Å². The van der Waals surface area contributed by atoms with Gasteiger partial charge in [0.2, 0.25) is 6.79 Å². The van der Waals surface area contributed by atoms with E-state index < -0.39 is 5.92 Å². The van der Waals surface area contributed by atoms with Crippen LogP contribution in [0.3, 0.4) is 0 Å². The number of ether oxygens (including phenoxy) is 2. The summed E-state index contributed by atoms with van der Waals surface area (Å²) >= 11 is 0. The molecule has 1 aliphatic rings. The molecular weight excluding hydrogens is 230 g/mol. The SMILES string of the molecule is CC(CO)c1cc(C(C)(F)F)cc2c1OCO2. The molecule has 2 rings (SSSR count). The van der Waals surface area contributed by atoms with Crippen LogP contribution >= 0.6 is 0 Å². The maximum Gasteiger partial charge on any atom is 0.270 e. The zero-order valence-electron chi connectivity index (χ0n) is 9.67. The second-order valence-electron chi connectivity index (χ2n) is 4.27. The summed E-state index contributed by atoms with van der Waals surface area (Å²) in [6.45, 7) is 2.47. The zero-order valence-corrected chi connectivity index (χ0v) is 9.67. The van der Waals surface area contributed by atoms with E-state index >= 15 is 0 Å². The van der Waals surface area contributed by atoms with Crippen LogP contribution in [0, 0.1) is 0 Å². The summed E-state index contributed by atoms with van der Waals surface area (Å²) < 4.78 is 37.0. The van der Waals surface area contributed by atoms with E-state index in [9.17, 15) is 8.78 Å². The number of benzene rings is 1. The highest BCUT2D eigenvalue weighted by Crippen LogP contribution is 2.43. The van der Waals surface area contributed by atoms with Crippen LogP contribution in [-0.2, 0) is 5.92 Å². The number of halogens is 2. The summed E-state index contributed by atoms with van der Waals surface area (Å²) in [7, 11) is 0. The number of hydrogen-bond acceptors (Lipinski definition) is 3. The zero-order chi connectivity index (χ0) is 12.6. The van der Waals surface area contributed by atoms with Crippen molar-refractivity contribution in [1.29, 1.82) is 0 Å². The van der Waals surface area contributed by atoms with Gasteiger partial charge in [0, 0.05) is 30.6 Å². The standard InChI is InChI=1S/C12H14F2O3/c1-7(5-15)9-3-8(12(2,13)14)4-10-11(9)17-6-16-10/h3-4,7,15H,5-6H2,1-2H3. The van der Waals surface area contributed by atoms with Crippen molar-refractivity contribution in [2.75, 3.05) is 13.4 Å². The lowest BCUT2D eigenvalue weighted by Crippen LogP contribution is -2.09. The lowest BCUT2D eigenvalue weighted by molar-refractivity contribution is 0.0171. The van der Waals surface area contributed by atoms with Crippen molar-refractivity contribution in [2.45, 2.75) is 25.7 Å². The van der Waals surface area contributed by atoms with Crippen molar-refractivity contribution in [3.8, 4) is 11.5 Å². The van der Waals surface area contributed by atoms with E-state index in [-0.39, 0.29) is 24.9 Å². The average Bonchev–Trinajstić information content (AvgIpc) is 2.73. The molecule has 0 aliphatic carbocycles. The maximum atomic E-state index is 13.3. The van der Waals surface area contributed by atoms with Crippen LogP contribution in [0.2, 0.25) is 0 Å².